The molecule has 1 aliphatic carbocycles. The number of halogens is 1. The molecular formula is C19H16ClN3O2S. The first-order chi connectivity index (χ1) is 12.4. The number of Topliss-reactive ketones (excluding diaryl/α,β-unsaturated/α-hetero) is 1. The number of ketones is 1. The van der Waals surface area contributed by atoms with Crippen LogP contribution in [0.4, 0.5) is 11.4 Å². The standard InChI is InChI=1S/C19H16ClN3O2S/c1-9-5-6-10(7-13(9)20)22-18(25)17-16(21)12-8-11-14(23-19(12)26-17)3-2-4-15(11)24/h5-8H,2-4,21H2,1H3,(H,22,25). The van der Waals surface area contributed by atoms with Crippen molar-refractivity contribution in [3.05, 3.63) is 51.0 Å². The fourth-order valence-electron chi connectivity index (χ4n) is 3.09. The third-order valence-corrected chi connectivity index (χ3v) is 6.07. The van der Waals surface area contributed by atoms with Gasteiger partial charge in [-0.2, -0.15) is 0 Å². The average Bonchev–Trinajstić information content (AvgIpc) is 2.93. The van der Waals surface area contributed by atoms with Gasteiger partial charge < -0.3 is 11.1 Å². The van der Waals surface area contributed by atoms with Crippen LogP contribution in [-0.4, -0.2) is 16.7 Å². The summed E-state index contributed by atoms with van der Waals surface area (Å²) in [5.41, 5.74) is 9.52. The molecule has 0 atom stereocenters. The van der Waals surface area contributed by atoms with E-state index in [2.05, 4.69) is 10.3 Å². The second-order valence-corrected chi connectivity index (χ2v) is 7.78. The molecule has 0 unspecified atom stereocenters. The number of nitrogens with one attached hydrogen (secondary N) is 1. The number of carbonyl (C=O) groups excluding carboxylic acids is 2. The van der Waals surface area contributed by atoms with E-state index in [9.17, 15) is 9.59 Å². The van der Waals surface area contributed by atoms with Crippen molar-refractivity contribution in [2.24, 2.45) is 0 Å². The molecule has 1 aromatic carbocycles. The molecule has 1 amide bonds. The Kier molecular flexibility index (Phi) is 4.17. The normalized spacial score (nSPS) is 13.7. The van der Waals surface area contributed by atoms with Gasteiger partial charge in [0, 0.05) is 28.1 Å². The zero-order valence-corrected chi connectivity index (χ0v) is 15.6. The highest BCUT2D eigenvalue weighted by Gasteiger charge is 2.23. The van der Waals surface area contributed by atoms with Crippen molar-refractivity contribution >= 4 is 56.2 Å². The first-order valence-electron chi connectivity index (χ1n) is 8.26. The number of hydrogen-bond acceptors (Lipinski definition) is 5. The smallest absolute Gasteiger partial charge is 0.267 e. The van der Waals surface area contributed by atoms with Gasteiger partial charge in [-0.1, -0.05) is 17.7 Å². The molecule has 7 heteroatoms. The lowest BCUT2D eigenvalue weighted by atomic mass is 9.94. The number of amides is 1. The number of nitrogens with two attached hydrogens (primary N) is 1. The summed E-state index contributed by atoms with van der Waals surface area (Å²) in [6.07, 6.45) is 2.12. The monoisotopic (exact) mass is 385 g/mol. The van der Waals surface area contributed by atoms with E-state index in [0.717, 1.165) is 24.1 Å². The van der Waals surface area contributed by atoms with E-state index in [1.165, 1.54) is 11.3 Å². The summed E-state index contributed by atoms with van der Waals surface area (Å²) in [7, 11) is 0. The number of nitrogens with zero attached hydrogens (tertiary/aromatic N) is 1. The predicted molar refractivity (Wildman–Crippen MR) is 105 cm³/mol. The number of aromatic nitrogens is 1. The maximum atomic E-state index is 12.7. The number of fused-ring (bicyclic) bond motifs is 2. The Morgan fingerprint density at radius 2 is 2.12 bits per heavy atom. The van der Waals surface area contributed by atoms with Crippen molar-refractivity contribution in [2.45, 2.75) is 26.2 Å². The third kappa shape index (κ3) is 2.85. The number of nitrogen functional groups attached to an aromatic ring is 1. The fourth-order valence-corrected chi connectivity index (χ4v) is 4.26. The fraction of sp³-hybridized carbons (Fsp3) is 0.211. The number of hydrogen-bond donors (Lipinski definition) is 2. The molecule has 0 bridgehead atoms. The number of pyridine rings is 1. The van der Waals surface area contributed by atoms with Gasteiger partial charge in [0.05, 0.1) is 11.4 Å². The summed E-state index contributed by atoms with van der Waals surface area (Å²) in [6, 6.07) is 7.12. The van der Waals surface area contributed by atoms with Gasteiger partial charge in [-0.05, 0) is 43.5 Å². The van der Waals surface area contributed by atoms with Gasteiger partial charge in [0.25, 0.3) is 5.91 Å². The molecule has 2 aromatic heterocycles. The van der Waals surface area contributed by atoms with Crippen molar-refractivity contribution in [3.63, 3.8) is 0 Å². The van der Waals surface area contributed by atoms with Crippen LogP contribution in [0.2, 0.25) is 5.02 Å². The Morgan fingerprint density at radius 1 is 1.31 bits per heavy atom. The quantitative estimate of drug-likeness (QED) is 0.674. The highest BCUT2D eigenvalue weighted by Crippen LogP contribution is 2.36. The van der Waals surface area contributed by atoms with E-state index in [1.807, 2.05) is 13.0 Å². The van der Waals surface area contributed by atoms with Gasteiger partial charge in [-0.15, -0.1) is 11.3 Å². The van der Waals surface area contributed by atoms with E-state index < -0.39 is 0 Å². The van der Waals surface area contributed by atoms with Gasteiger partial charge in [-0.3, -0.25) is 9.59 Å². The minimum atomic E-state index is -0.310. The number of thiophene rings is 1. The molecule has 0 radical (unpaired) electrons. The molecule has 3 aromatic rings. The van der Waals surface area contributed by atoms with Gasteiger partial charge in [0.15, 0.2) is 5.78 Å². The number of anilines is 2. The Bertz CT molecular complexity index is 1070. The zero-order valence-electron chi connectivity index (χ0n) is 14.1. The predicted octanol–water partition coefficient (Wildman–Crippen LogP) is 4.61. The highest BCUT2D eigenvalue weighted by atomic mass is 35.5. The largest absolute Gasteiger partial charge is 0.397 e. The van der Waals surface area contributed by atoms with Crippen LogP contribution in [0.25, 0.3) is 10.2 Å². The van der Waals surface area contributed by atoms with Gasteiger partial charge in [0.2, 0.25) is 0 Å². The Balaban J connectivity index is 1.72. The maximum absolute atomic E-state index is 12.7. The first-order valence-corrected chi connectivity index (χ1v) is 9.46. The summed E-state index contributed by atoms with van der Waals surface area (Å²) in [4.78, 5) is 30.4. The van der Waals surface area contributed by atoms with Crippen LogP contribution in [0.1, 0.15) is 44.1 Å². The lowest BCUT2D eigenvalue weighted by Gasteiger charge is -2.13. The second-order valence-electron chi connectivity index (χ2n) is 6.38. The van der Waals surface area contributed by atoms with E-state index in [-0.39, 0.29) is 11.7 Å². The van der Waals surface area contributed by atoms with Crippen LogP contribution < -0.4 is 11.1 Å². The average molecular weight is 386 g/mol. The van der Waals surface area contributed by atoms with Gasteiger partial charge in [0.1, 0.15) is 9.71 Å². The Hall–Kier alpha value is -2.44. The van der Waals surface area contributed by atoms with Crippen molar-refractivity contribution < 1.29 is 9.59 Å². The zero-order chi connectivity index (χ0) is 18.4. The molecule has 5 nitrogen and oxygen atoms in total. The number of rotatable bonds is 2. The van der Waals surface area contributed by atoms with Crippen LogP contribution in [0, 0.1) is 6.92 Å². The maximum Gasteiger partial charge on any atom is 0.267 e. The van der Waals surface area contributed by atoms with E-state index in [1.54, 1.807) is 18.2 Å². The summed E-state index contributed by atoms with van der Waals surface area (Å²) < 4.78 is 0. The van der Waals surface area contributed by atoms with Gasteiger partial charge in [-0.25, -0.2) is 4.98 Å². The van der Waals surface area contributed by atoms with Crippen LogP contribution in [0.5, 0.6) is 0 Å². The van der Waals surface area contributed by atoms with Crippen molar-refractivity contribution in [1.82, 2.24) is 4.98 Å². The Morgan fingerprint density at radius 3 is 2.88 bits per heavy atom. The lowest BCUT2D eigenvalue weighted by molar-refractivity contribution is 0.0970. The summed E-state index contributed by atoms with van der Waals surface area (Å²) >= 11 is 7.35. The van der Waals surface area contributed by atoms with Crippen molar-refractivity contribution in [1.29, 1.82) is 0 Å². The summed E-state index contributed by atoms with van der Waals surface area (Å²) in [5.74, 6) is -0.221. The SMILES string of the molecule is Cc1ccc(NC(=O)c2sc3nc4c(cc3c2N)C(=O)CCC4)cc1Cl. The van der Waals surface area contributed by atoms with Crippen LogP contribution in [0.3, 0.4) is 0 Å². The van der Waals surface area contributed by atoms with E-state index in [4.69, 9.17) is 17.3 Å². The Labute approximate surface area is 159 Å². The first kappa shape index (κ1) is 17.0. The summed E-state index contributed by atoms with van der Waals surface area (Å²) in [5, 5.41) is 4.07. The molecule has 0 saturated heterocycles. The third-order valence-electron chi connectivity index (χ3n) is 4.55. The molecule has 0 saturated carbocycles. The topological polar surface area (TPSA) is 85.1 Å². The minimum absolute atomic E-state index is 0.0894. The molecule has 3 N–H and O–H groups in total. The molecule has 4 rings (SSSR count). The lowest BCUT2D eigenvalue weighted by Crippen LogP contribution is -2.12. The molecule has 2 heterocycles. The number of benzene rings is 1. The molecular weight excluding hydrogens is 370 g/mol. The van der Waals surface area contributed by atoms with E-state index in [0.29, 0.717) is 43.5 Å². The van der Waals surface area contributed by atoms with Crippen LogP contribution >= 0.6 is 22.9 Å². The molecule has 0 spiro atoms. The van der Waals surface area contributed by atoms with Crippen molar-refractivity contribution in [2.75, 3.05) is 11.1 Å². The number of aryl methyl sites for hydroxylation is 2. The van der Waals surface area contributed by atoms with E-state index >= 15 is 0 Å². The van der Waals surface area contributed by atoms with Crippen LogP contribution in [-0.2, 0) is 6.42 Å². The highest BCUT2D eigenvalue weighted by molar-refractivity contribution is 7.21. The molecule has 1 aliphatic rings. The molecule has 132 valence electrons. The molecule has 26 heavy (non-hydrogen) atoms. The second kappa shape index (κ2) is 6.37. The van der Waals surface area contributed by atoms with Crippen LogP contribution in [0.15, 0.2) is 24.3 Å². The molecule has 0 fully saturated rings. The van der Waals surface area contributed by atoms with Gasteiger partial charge >= 0.3 is 0 Å². The number of carbonyl (C=O) groups is 2. The van der Waals surface area contributed by atoms with Crippen molar-refractivity contribution in [3.8, 4) is 0 Å². The minimum Gasteiger partial charge on any atom is -0.397 e. The molecule has 0 aliphatic heterocycles. The summed E-state index contributed by atoms with van der Waals surface area (Å²) in [6.45, 7) is 1.90.